The Morgan fingerprint density at radius 3 is 2.79 bits per heavy atom. The van der Waals surface area contributed by atoms with Crippen molar-refractivity contribution >= 4 is 11.9 Å². The fourth-order valence-corrected chi connectivity index (χ4v) is 2.79. The summed E-state index contributed by atoms with van der Waals surface area (Å²) in [5, 5.41) is 3.00. The minimum absolute atomic E-state index is 0.0695. The Labute approximate surface area is 143 Å². The van der Waals surface area contributed by atoms with Crippen LogP contribution in [0, 0.1) is 12.8 Å². The smallest absolute Gasteiger partial charge is 0.228 e. The third kappa shape index (κ3) is 5.33. The van der Waals surface area contributed by atoms with E-state index >= 15 is 0 Å². The van der Waals surface area contributed by atoms with Gasteiger partial charge < -0.3 is 19.7 Å². The molecule has 1 aliphatic rings. The molecule has 134 valence electrons. The largest absolute Gasteiger partial charge is 0.481 e. The van der Waals surface area contributed by atoms with Crippen LogP contribution in [0.1, 0.15) is 31.9 Å². The summed E-state index contributed by atoms with van der Waals surface area (Å²) in [7, 11) is 1.60. The zero-order valence-corrected chi connectivity index (χ0v) is 14.9. The van der Waals surface area contributed by atoms with Gasteiger partial charge in [0.25, 0.3) is 0 Å². The highest BCUT2D eigenvalue weighted by Gasteiger charge is 2.26. The lowest BCUT2D eigenvalue weighted by Crippen LogP contribution is -2.41. The van der Waals surface area contributed by atoms with Crippen LogP contribution >= 0.6 is 0 Å². The molecule has 1 fully saturated rings. The number of rotatable bonds is 8. The Bertz CT molecular complexity index is 531. The molecule has 0 aromatic carbocycles. The maximum atomic E-state index is 12.2. The van der Waals surface area contributed by atoms with E-state index < -0.39 is 0 Å². The minimum Gasteiger partial charge on any atom is -0.481 e. The van der Waals surface area contributed by atoms with Crippen LogP contribution in [-0.2, 0) is 9.53 Å². The molecule has 7 nitrogen and oxygen atoms in total. The highest BCUT2D eigenvalue weighted by molar-refractivity contribution is 5.78. The Balaban J connectivity index is 1.78. The van der Waals surface area contributed by atoms with Gasteiger partial charge in [0.2, 0.25) is 17.7 Å². The van der Waals surface area contributed by atoms with Crippen molar-refractivity contribution in [2.45, 2.75) is 33.1 Å². The van der Waals surface area contributed by atoms with Crippen LogP contribution in [-0.4, -0.2) is 55.8 Å². The van der Waals surface area contributed by atoms with Gasteiger partial charge in [-0.25, -0.2) is 4.98 Å². The van der Waals surface area contributed by atoms with E-state index in [1.54, 1.807) is 7.11 Å². The van der Waals surface area contributed by atoms with Gasteiger partial charge >= 0.3 is 0 Å². The first-order chi connectivity index (χ1) is 11.6. The zero-order chi connectivity index (χ0) is 17.4. The van der Waals surface area contributed by atoms with Gasteiger partial charge in [-0.05, 0) is 33.1 Å². The number of carbonyl (C=O) groups excluding carboxylic acids is 1. The number of ether oxygens (including phenoxy) is 2. The Hall–Kier alpha value is -1.89. The third-order valence-electron chi connectivity index (χ3n) is 4.15. The summed E-state index contributed by atoms with van der Waals surface area (Å²) < 4.78 is 10.5. The Morgan fingerprint density at radius 1 is 1.38 bits per heavy atom. The van der Waals surface area contributed by atoms with Crippen LogP contribution in [0.25, 0.3) is 0 Å². The van der Waals surface area contributed by atoms with Crippen molar-refractivity contribution in [2.24, 2.45) is 5.92 Å². The normalized spacial score (nSPS) is 15.4. The number of nitrogens with one attached hydrogen (secondary N) is 1. The summed E-state index contributed by atoms with van der Waals surface area (Å²) in [6.07, 6.45) is 2.49. The SMILES string of the molecule is CCOCCCNC(=O)C1CCN(c2nc(C)cc(OC)n2)CC1. The summed E-state index contributed by atoms with van der Waals surface area (Å²) in [6.45, 7) is 7.56. The minimum atomic E-state index is 0.0695. The highest BCUT2D eigenvalue weighted by Crippen LogP contribution is 2.22. The van der Waals surface area contributed by atoms with E-state index in [0.29, 0.717) is 25.0 Å². The third-order valence-corrected chi connectivity index (χ3v) is 4.15. The molecule has 0 saturated carbocycles. The van der Waals surface area contributed by atoms with E-state index in [9.17, 15) is 4.79 Å². The van der Waals surface area contributed by atoms with Crippen LogP contribution in [0.4, 0.5) is 5.95 Å². The lowest BCUT2D eigenvalue weighted by molar-refractivity contribution is -0.125. The summed E-state index contributed by atoms with van der Waals surface area (Å²) in [5.74, 6) is 1.48. The van der Waals surface area contributed by atoms with Crippen molar-refractivity contribution in [3.8, 4) is 5.88 Å². The first-order valence-electron chi connectivity index (χ1n) is 8.64. The van der Waals surface area contributed by atoms with Crippen molar-refractivity contribution in [3.63, 3.8) is 0 Å². The first kappa shape index (κ1) is 18.4. The number of methoxy groups -OCH3 is 1. The van der Waals surface area contributed by atoms with E-state index in [0.717, 1.165) is 44.7 Å². The molecule has 1 aliphatic heterocycles. The summed E-state index contributed by atoms with van der Waals surface area (Å²) in [5.41, 5.74) is 0.881. The molecule has 0 aliphatic carbocycles. The number of piperidine rings is 1. The topological polar surface area (TPSA) is 76.6 Å². The van der Waals surface area contributed by atoms with Gasteiger partial charge in [-0.15, -0.1) is 0 Å². The van der Waals surface area contributed by atoms with Crippen molar-refractivity contribution < 1.29 is 14.3 Å². The van der Waals surface area contributed by atoms with Crippen molar-refractivity contribution in [1.82, 2.24) is 15.3 Å². The molecular formula is C17H28N4O3. The van der Waals surface area contributed by atoms with Crippen LogP contribution in [0.2, 0.25) is 0 Å². The summed E-state index contributed by atoms with van der Waals surface area (Å²) in [4.78, 5) is 23.2. The van der Waals surface area contributed by atoms with Gasteiger partial charge in [0.1, 0.15) is 0 Å². The summed E-state index contributed by atoms with van der Waals surface area (Å²) in [6, 6.07) is 1.81. The van der Waals surface area contributed by atoms with E-state index in [-0.39, 0.29) is 11.8 Å². The van der Waals surface area contributed by atoms with E-state index in [4.69, 9.17) is 9.47 Å². The fourth-order valence-electron chi connectivity index (χ4n) is 2.79. The van der Waals surface area contributed by atoms with Crippen LogP contribution < -0.4 is 15.0 Å². The van der Waals surface area contributed by atoms with Gasteiger partial charge in [-0.2, -0.15) is 4.98 Å². The molecule has 0 bridgehead atoms. The molecule has 2 heterocycles. The number of carbonyl (C=O) groups is 1. The molecule has 0 unspecified atom stereocenters. The monoisotopic (exact) mass is 336 g/mol. The number of aryl methyl sites for hydroxylation is 1. The molecule has 2 rings (SSSR count). The number of hydrogen-bond acceptors (Lipinski definition) is 6. The number of nitrogens with zero attached hydrogens (tertiary/aromatic N) is 3. The average molecular weight is 336 g/mol. The average Bonchev–Trinajstić information content (AvgIpc) is 2.61. The van der Waals surface area contributed by atoms with Crippen molar-refractivity contribution in [1.29, 1.82) is 0 Å². The van der Waals surface area contributed by atoms with Gasteiger partial charge in [0.05, 0.1) is 7.11 Å². The van der Waals surface area contributed by atoms with Crippen LogP contribution in [0.15, 0.2) is 6.07 Å². The number of aromatic nitrogens is 2. The molecule has 1 aromatic heterocycles. The van der Waals surface area contributed by atoms with Crippen molar-refractivity contribution in [2.75, 3.05) is 44.9 Å². The molecular weight excluding hydrogens is 308 g/mol. The van der Waals surface area contributed by atoms with Crippen LogP contribution in [0.3, 0.4) is 0 Å². The van der Waals surface area contributed by atoms with E-state index in [2.05, 4.69) is 20.2 Å². The first-order valence-corrected chi connectivity index (χ1v) is 8.64. The van der Waals surface area contributed by atoms with Gasteiger partial charge in [-0.1, -0.05) is 0 Å². The fraction of sp³-hybridized carbons (Fsp3) is 0.706. The molecule has 24 heavy (non-hydrogen) atoms. The van der Waals surface area contributed by atoms with Crippen LogP contribution in [0.5, 0.6) is 5.88 Å². The maximum absolute atomic E-state index is 12.2. The lowest BCUT2D eigenvalue weighted by atomic mass is 9.96. The standard InChI is InChI=1S/C17H28N4O3/c1-4-24-11-5-8-18-16(22)14-6-9-21(10-7-14)17-19-13(2)12-15(20-17)23-3/h12,14H,4-11H2,1-3H3,(H,18,22). The predicted molar refractivity (Wildman–Crippen MR) is 92.4 cm³/mol. The quantitative estimate of drug-likeness (QED) is 0.726. The molecule has 1 saturated heterocycles. The molecule has 1 N–H and O–H groups in total. The summed E-state index contributed by atoms with van der Waals surface area (Å²) >= 11 is 0. The van der Waals surface area contributed by atoms with E-state index in [1.165, 1.54) is 0 Å². The molecule has 0 atom stereocenters. The Morgan fingerprint density at radius 2 is 2.12 bits per heavy atom. The zero-order valence-electron chi connectivity index (χ0n) is 14.9. The molecule has 0 radical (unpaired) electrons. The number of anilines is 1. The van der Waals surface area contributed by atoms with Gasteiger partial charge in [0.15, 0.2) is 0 Å². The molecule has 1 aromatic rings. The number of hydrogen-bond donors (Lipinski definition) is 1. The van der Waals surface area contributed by atoms with Gasteiger partial charge in [0, 0.05) is 50.5 Å². The molecule has 7 heteroatoms. The number of amides is 1. The predicted octanol–water partition coefficient (Wildman–Crippen LogP) is 1.55. The molecule has 0 spiro atoms. The maximum Gasteiger partial charge on any atom is 0.228 e. The second kappa shape index (κ2) is 9.42. The second-order valence-corrected chi connectivity index (χ2v) is 5.95. The Kier molecular flexibility index (Phi) is 7.24. The second-order valence-electron chi connectivity index (χ2n) is 5.95. The van der Waals surface area contributed by atoms with Crippen molar-refractivity contribution in [3.05, 3.63) is 11.8 Å². The van der Waals surface area contributed by atoms with Gasteiger partial charge in [-0.3, -0.25) is 4.79 Å². The highest BCUT2D eigenvalue weighted by atomic mass is 16.5. The van der Waals surface area contributed by atoms with E-state index in [1.807, 2.05) is 19.9 Å². The molecule has 1 amide bonds. The lowest BCUT2D eigenvalue weighted by Gasteiger charge is -2.31.